The van der Waals surface area contributed by atoms with Crippen molar-refractivity contribution in [3.63, 3.8) is 0 Å². The van der Waals surface area contributed by atoms with Gasteiger partial charge < -0.3 is 0 Å². The third kappa shape index (κ3) is 4.17. The third-order valence-electron chi connectivity index (χ3n) is 3.52. The fourth-order valence-corrected chi connectivity index (χ4v) is 3.31. The van der Waals surface area contributed by atoms with Crippen molar-refractivity contribution in [2.24, 2.45) is 10.1 Å². The molecule has 4 nitrogen and oxygen atoms in total. The number of hydrogen-bond acceptors (Lipinski definition) is 4. The van der Waals surface area contributed by atoms with Gasteiger partial charge in [0.15, 0.2) is 0 Å². The monoisotopic (exact) mass is 378 g/mol. The summed E-state index contributed by atoms with van der Waals surface area (Å²) in [6.07, 6.45) is 3.49. The molecule has 0 fully saturated rings. The van der Waals surface area contributed by atoms with E-state index in [0.717, 1.165) is 21.6 Å². The Morgan fingerprint density at radius 1 is 1.23 bits per heavy atom. The zero-order chi connectivity index (χ0) is 18.4. The molecule has 0 aliphatic carbocycles. The highest BCUT2D eigenvalue weighted by molar-refractivity contribution is 7.07. The molecule has 0 aliphatic rings. The normalized spacial score (nSPS) is 11.6. The van der Waals surface area contributed by atoms with Crippen LogP contribution in [0.1, 0.15) is 11.1 Å². The summed E-state index contributed by atoms with van der Waals surface area (Å²) < 4.78 is 1.79. The summed E-state index contributed by atoms with van der Waals surface area (Å²) in [6.45, 7) is 4.23. The predicted molar refractivity (Wildman–Crippen MR) is 108 cm³/mol. The third-order valence-corrected chi connectivity index (χ3v) is 4.61. The van der Waals surface area contributed by atoms with Crippen LogP contribution in [-0.4, -0.2) is 17.4 Å². The maximum Gasteiger partial charge on any atom is 0.206 e. The number of rotatable bonds is 5. The summed E-state index contributed by atoms with van der Waals surface area (Å²) in [7, 11) is 0. The van der Waals surface area contributed by atoms with E-state index in [-0.39, 0.29) is 0 Å². The van der Waals surface area contributed by atoms with Crippen LogP contribution in [0.4, 0.5) is 0 Å². The van der Waals surface area contributed by atoms with E-state index in [1.807, 2.05) is 41.8 Å². The molecular weight excluding hydrogens is 364 g/mol. The molecule has 0 unspecified atom stereocenters. The molecular formula is C20H15ClN4S. The summed E-state index contributed by atoms with van der Waals surface area (Å²) in [6, 6.07) is 17.0. The van der Waals surface area contributed by atoms with Crippen LogP contribution in [0.2, 0.25) is 5.02 Å². The van der Waals surface area contributed by atoms with Gasteiger partial charge in [0, 0.05) is 16.0 Å². The molecule has 0 spiro atoms. The van der Waals surface area contributed by atoms with Crippen molar-refractivity contribution < 1.29 is 0 Å². The van der Waals surface area contributed by atoms with E-state index in [1.165, 1.54) is 11.3 Å². The molecule has 1 heterocycles. The number of nitriles is 1. The molecule has 128 valence electrons. The second kappa shape index (κ2) is 8.43. The van der Waals surface area contributed by atoms with E-state index >= 15 is 0 Å². The van der Waals surface area contributed by atoms with Crippen LogP contribution in [0.15, 0.2) is 76.7 Å². The Bertz CT molecular complexity index is 1050. The molecule has 0 saturated carbocycles. The lowest BCUT2D eigenvalue weighted by molar-refractivity contribution is 0.840. The summed E-state index contributed by atoms with van der Waals surface area (Å²) in [4.78, 5) is 5.27. The van der Waals surface area contributed by atoms with Crippen molar-refractivity contribution in [3.8, 4) is 17.3 Å². The smallest absolute Gasteiger partial charge is 0.206 e. The minimum absolute atomic E-state index is 0.516. The molecule has 0 bridgehead atoms. The van der Waals surface area contributed by atoms with Gasteiger partial charge in [-0.05, 0) is 29.8 Å². The van der Waals surface area contributed by atoms with Gasteiger partial charge in [-0.2, -0.15) is 10.4 Å². The van der Waals surface area contributed by atoms with Gasteiger partial charge in [0.25, 0.3) is 0 Å². The van der Waals surface area contributed by atoms with E-state index in [0.29, 0.717) is 17.1 Å². The second-order valence-electron chi connectivity index (χ2n) is 5.33. The lowest BCUT2D eigenvalue weighted by atomic mass is 10.2. The van der Waals surface area contributed by atoms with Gasteiger partial charge in [-0.15, -0.1) is 17.9 Å². The molecule has 0 radical (unpaired) electrons. The number of benzene rings is 2. The van der Waals surface area contributed by atoms with E-state index in [2.05, 4.69) is 22.7 Å². The highest BCUT2D eigenvalue weighted by Crippen LogP contribution is 2.23. The molecule has 1 aromatic heterocycles. The fourth-order valence-electron chi connectivity index (χ4n) is 2.28. The minimum Gasteiger partial charge on any atom is -0.253 e. The first-order chi connectivity index (χ1) is 12.7. The minimum atomic E-state index is 0.516. The van der Waals surface area contributed by atoms with Crippen LogP contribution in [0.25, 0.3) is 11.3 Å². The highest BCUT2D eigenvalue weighted by atomic mass is 35.5. The van der Waals surface area contributed by atoms with Crippen LogP contribution < -0.4 is 4.80 Å². The number of aromatic nitrogens is 1. The first kappa shape index (κ1) is 17.9. The predicted octanol–water partition coefficient (Wildman–Crippen LogP) is 4.71. The van der Waals surface area contributed by atoms with Gasteiger partial charge in [0.05, 0.1) is 30.1 Å². The van der Waals surface area contributed by atoms with Crippen molar-refractivity contribution in [2.45, 2.75) is 0 Å². The summed E-state index contributed by atoms with van der Waals surface area (Å²) in [5, 5.41) is 16.2. The zero-order valence-electron chi connectivity index (χ0n) is 13.8. The molecule has 0 N–H and O–H groups in total. The SMILES string of the molecule is C=CCN=c1scc(-c2cccc(Cl)c2)n1N=Cc1ccc(C#N)cc1. The molecule has 0 amide bonds. The van der Waals surface area contributed by atoms with Crippen molar-refractivity contribution in [3.05, 3.63) is 87.5 Å². The number of hydrogen-bond donors (Lipinski definition) is 0. The number of thiazole rings is 1. The van der Waals surface area contributed by atoms with Gasteiger partial charge in [0.1, 0.15) is 0 Å². The van der Waals surface area contributed by atoms with E-state index in [4.69, 9.17) is 16.9 Å². The summed E-state index contributed by atoms with van der Waals surface area (Å²) >= 11 is 7.64. The number of halogens is 1. The quantitative estimate of drug-likeness (QED) is 0.468. The molecule has 6 heteroatoms. The fraction of sp³-hybridized carbons (Fsp3) is 0.0500. The standard InChI is InChI=1S/C20H15ClN4S/c1-2-10-23-20-25(24-13-16-8-6-15(12-22)7-9-16)19(14-26-20)17-4-3-5-18(21)11-17/h2-9,11,13-14H,1,10H2. The van der Waals surface area contributed by atoms with Crippen molar-refractivity contribution in [1.29, 1.82) is 5.26 Å². The van der Waals surface area contributed by atoms with Crippen molar-refractivity contribution >= 4 is 29.2 Å². The highest BCUT2D eigenvalue weighted by Gasteiger charge is 2.07. The van der Waals surface area contributed by atoms with Crippen LogP contribution >= 0.6 is 22.9 Å². The Morgan fingerprint density at radius 2 is 2.04 bits per heavy atom. The average molecular weight is 379 g/mol. The Balaban J connectivity index is 2.05. The van der Waals surface area contributed by atoms with E-state index < -0.39 is 0 Å². The molecule has 0 atom stereocenters. The van der Waals surface area contributed by atoms with Gasteiger partial charge in [-0.1, -0.05) is 41.9 Å². The largest absolute Gasteiger partial charge is 0.253 e. The first-order valence-corrected chi connectivity index (χ1v) is 9.09. The summed E-state index contributed by atoms with van der Waals surface area (Å²) in [5.41, 5.74) is 3.39. The topological polar surface area (TPSA) is 53.4 Å². The van der Waals surface area contributed by atoms with Crippen LogP contribution in [0, 0.1) is 11.3 Å². The lowest BCUT2D eigenvalue weighted by Crippen LogP contribution is -2.12. The van der Waals surface area contributed by atoms with E-state index in [9.17, 15) is 0 Å². The number of nitrogens with zero attached hydrogens (tertiary/aromatic N) is 4. The molecule has 3 rings (SSSR count). The van der Waals surface area contributed by atoms with E-state index in [1.54, 1.807) is 29.1 Å². The Kier molecular flexibility index (Phi) is 5.80. The van der Waals surface area contributed by atoms with Crippen LogP contribution in [0.3, 0.4) is 0 Å². The zero-order valence-corrected chi connectivity index (χ0v) is 15.4. The second-order valence-corrected chi connectivity index (χ2v) is 6.61. The van der Waals surface area contributed by atoms with Gasteiger partial charge >= 0.3 is 0 Å². The Labute approximate surface area is 160 Å². The Morgan fingerprint density at radius 3 is 2.73 bits per heavy atom. The average Bonchev–Trinajstić information content (AvgIpc) is 3.08. The van der Waals surface area contributed by atoms with Crippen LogP contribution in [0.5, 0.6) is 0 Å². The van der Waals surface area contributed by atoms with Gasteiger partial charge in [-0.25, -0.2) is 4.68 Å². The molecule has 3 aromatic rings. The van der Waals surface area contributed by atoms with Gasteiger partial charge in [0.2, 0.25) is 4.80 Å². The first-order valence-electron chi connectivity index (χ1n) is 7.83. The maximum absolute atomic E-state index is 8.89. The molecule has 26 heavy (non-hydrogen) atoms. The van der Waals surface area contributed by atoms with Crippen LogP contribution in [-0.2, 0) is 0 Å². The molecule has 0 saturated heterocycles. The molecule has 0 aliphatic heterocycles. The van der Waals surface area contributed by atoms with Crippen molar-refractivity contribution in [2.75, 3.05) is 6.54 Å². The van der Waals surface area contributed by atoms with Gasteiger partial charge in [-0.3, -0.25) is 4.99 Å². The summed E-state index contributed by atoms with van der Waals surface area (Å²) in [5.74, 6) is 0. The van der Waals surface area contributed by atoms with Crippen molar-refractivity contribution in [1.82, 2.24) is 4.68 Å². The lowest BCUT2D eigenvalue weighted by Gasteiger charge is -2.04. The Hall–Kier alpha value is -2.94. The maximum atomic E-state index is 8.89. The molecule has 2 aromatic carbocycles.